The minimum atomic E-state index is -2.69. The van der Waals surface area contributed by atoms with Crippen LogP contribution in [0.3, 0.4) is 0 Å². The van der Waals surface area contributed by atoms with Gasteiger partial charge >= 0.3 is 5.97 Å². The number of carbonyl (C=O) groups is 1. The third-order valence-electron chi connectivity index (χ3n) is 2.51. The van der Waals surface area contributed by atoms with Crippen LogP contribution in [-0.2, 0) is 21.8 Å². The molecule has 19 heavy (non-hydrogen) atoms. The quantitative estimate of drug-likeness (QED) is 0.616. The van der Waals surface area contributed by atoms with Crippen molar-refractivity contribution in [3.63, 3.8) is 0 Å². The third-order valence-corrected chi connectivity index (χ3v) is 2.80. The van der Waals surface area contributed by atoms with Gasteiger partial charge < -0.3 is 4.74 Å². The van der Waals surface area contributed by atoms with E-state index < -0.39 is 12.4 Å². The normalized spacial score (nSPS) is 10.3. The lowest BCUT2D eigenvalue weighted by Gasteiger charge is -2.11. The molecular formula is C13H12ClF2NO2. The van der Waals surface area contributed by atoms with Crippen molar-refractivity contribution in [1.82, 2.24) is 0 Å². The highest BCUT2D eigenvalue weighted by atomic mass is 35.5. The number of halogens is 3. The first kappa shape index (κ1) is 15.4. The molecule has 0 N–H and O–H groups in total. The molecule has 0 aliphatic carbocycles. The van der Waals surface area contributed by atoms with Crippen LogP contribution < -0.4 is 0 Å². The first-order chi connectivity index (χ1) is 9.03. The topological polar surface area (TPSA) is 50.1 Å². The zero-order chi connectivity index (χ0) is 14.4. The predicted octanol–water partition coefficient (Wildman–Crippen LogP) is 3.34. The van der Waals surface area contributed by atoms with Crippen LogP contribution in [0.4, 0.5) is 8.78 Å². The second kappa shape index (κ2) is 7.05. The van der Waals surface area contributed by atoms with Crippen molar-refractivity contribution >= 4 is 17.6 Å². The zero-order valence-electron chi connectivity index (χ0n) is 10.3. The van der Waals surface area contributed by atoms with Crippen molar-refractivity contribution in [2.45, 2.75) is 25.7 Å². The van der Waals surface area contributed by atoms with Crippen molar-refractivity contribution in [3.05, 3.63) is 34.4 Å². The summed E-state index contributed by atoms with van der Waals surface area (Å²) in [6, 6.07) is 4.11. The maximum atomic E-state index is 12.7. The molecule has 0 saturated carbocycles. The van der Waals surface area contributed by atoms with Crippen molar-refractivity contribution < 1.29 is 18.3 Å². The number of benzene rings is 1. The van der Waals surface area contributed by atoms with Crippen molar-refractivity contribution in [1.29, 1.82) is 5.26 Å². The Kier molecular flexibility index (Phi) is 5.71. The fourth-order valence-electron chi connectivity index (χ4n) is 1.67. The van der Waals surface area contributed by atoms with Gasteiger partial charge in [0.2, 0.25) is 0 Å². The van der Waals surface area contributed by atoms with Crippen LogP contribution in [0.1, 0.15) is 35.6 Å². The highest BCUT2D eigenvalue weighted by Gasteiger charge is 2.18. The Morgan fingerprint density at radius 2 is 2.21 bits per heavy atom. The second-order valence-corrected chi connectivity index (χ2v) is 4.00. The van der Waals surface area contributed by atoms with E-state index in [4.69, 9.17) is 21.6 Å². The molecular weight excluding hydrogens is 276 g/mol. The number of nitriles is 1. The molecule has 0 unspecified atom stereocenters. The van der Waals surface area contributed by atoms with E-state index in [-0.39, 0.29) is 30.0 Å². The Hall–Kier alpha value is -1.67. The van der Waals surface area contributed by atoms with E-state index in [0.717, 1.165) is 6.07 Å². The van der Waals surface area contributed by atoms with Crippen LogP contribution in [0.15, 0.2) is 12.1 Å². The van der Waals surface area contributed by atoms with Crippen molar-refractivity contribution in [2.75, 3.05) is 6.61 Å². The minimum absolute atomic E-state index is 0.0292. The number of alkyl halides is 3. The van der Waals surface area contributed by atoms with E-state index >= 15 is 0 Å². The molecule has 0 spiro atoms. The fourth-order valence-corrected chi connectivity index (χ4v) is 1.91. The molecule has 6 heteroatoms. The first-order valence-corrected chi connectivity index (χ1v) is 6.12. The lowest BCUT2D eigenvalue weighted by molar-refractivity contribution is -0.142. The molecule has 1 rings (SSSR count). The summed E-state index contributed by atoms with van der Waals surface area (Å²) in [4.78, 5) is 11.4. The lowest BCUT2D eigenvalue weighted by atomic mass is 9.96. The summed E-state index contributed by atoms with van der Waals surface area (Å²) in [6.07, 6.45) is -2.84. The van der Waals surface area contributed by atoms with Gasteiger partial charge in [0, 0.05) is 11.4 Å². The van der Waals surface area contributed by atoms with Gasteiger partial charge in [-0.15, -0.1) is 11.6 Å². The number of ether oxygens (including phenoxy) is 1. The van der Waals surface area contributed by atoms with Gasteiger partial charge in [-0.1, -0.05) is 0 Å². The van der Waals surface area contributed by atoms with Gasteiger partial charge in [0.25, 0.3) is 6.43 Å². The summed E-state index contributed by atoms with van der Waals surface area (Å²) < 4.78 is 30.1. The fraction of sp³-hybridized carbons (Fsp3) is 0.385. The molecule has 0 amide bonds. The Labute approximate surface area is 114 Å². The monoisotopic (exact) mass is 287 g/mol. The molecule has 102 valence electrons. The summed E-state index contributed by atoms with van der Waals surface area (Å²) in [5.41, 5.74) is 0.450. The lowest BCUT2D eigenvalue weighted by Crippen LogP contribution is -2.11. The van der Waals surface area contributed by atoms with Crippen LogP contribution in [0.5, 0.6) is 0 Å². The van der Waals surface area contributed by atoms with E-state index in [2.05, 4.69) is 0 Å². The molecule has 0 aliphatic heterocycles. The Balaban J connectivity index is 3.22. The molecule has 0 radical (unpaired) electrons. The maximum Gasteiger partial charge on any atom is 0.310 e. The minimum Gasteiger partial charge on any atom is -0.466 e. The summed E-state index contributed by atoms with van der Waals surface area (Å²) >= 11 is 5.69. The maximum absolute atomic E-state index is 12.7. The summed E-state index contributed by atoms with van der Waals surface area (Å²) in [6.45, 7) is 1.87. The first-order valence-electron chi connectivity index (χ1n) is 5.59. The second-order valence-electron chi connectivity index (χ2n) is 3.73. The highest BCUT2D eigenvalue weighted by molar-refractivity contribution is 6.17. The van der Waals surface area contributed by atoms with E-state index in [1.165, 1.54) is 6.07 Å². The van der Waals surface area contributed by atoms with Crippen LogP contribution in [0.25, 0.3) is 0 Å². The Bertz CT molecular complexity index is 512. The molecule has 0 heterocycles. The number of esters is 1. The smallest absolute Gasteiger partial charge is 0.310 e. The SMILES string of the molecule is CCOC(=O)Cc1c(C#N)cc(C(F)F)cc1CCl. The molecule has 1 aromatic rings. The predicted molar refractivity (Wildman–Crippen MR) is 66.0 cm³/mol. The summed E-state index contributed by atoms with van der Waals surface area (Å²) in [5.74, 6) is -0.570. The van der Waals surface area contributed by atoms with Crippen LogP contribution in [0, 0.1) is 11.3 Å². The van der Waals surface area contributed by atoms with Crippen molar-refractivity contribution in [2.24, 2.45) is 0 Å². The van der Waals surface area contributed by atoms with Gasteiger partial charge in [-0.3, -0.25) is 4.79 Å². The van der Waals surface area contributed by atoms with E-state index in [1.807, 2.05) is 6.07 Å². The number of hydrogen-bond donors (Lipinski definition) is 0. The summed E-state index contributed by atoms with van der Waals surface area (Å²) in [5, 5.41) is 9.00. The molecule has 0 aliphatic rings. The zero-order valence-corrected chi connectivity index (χ0v) is 11.0. The molecule has 0 aromatic heterocycles. The number of nitrogens with zero attached hydrogens (tertiary/aromatic N) is 1. The van der Waals surface area contributed by atoms with Crippen LogP contribution in [0.2, 0.25) is 0 Å². The number of rotatable bonds is 5. The molecule has 0 atom stereocenters. The van der Waals surface area contributed by atoms with Gasteiger partial charge in [0.15, 0.2) is 0 Å². The van der Waals surface area contributed by atoms with E-state index in [0.29, 0.717) is 11.1 Å². The molecule has 3 nitrogen and oxygen atoms in total. The van der Waals surface area contributed by atoms with Gasteiger partial charge in [-0.25, -0.2) is 8.78 Å². The Morgan fingerprint density at radius 3 is 2.68 bits per heavy atom. The largest absolute Gasteiger partial charge is 0.466 e. The molecule has 0 bridgehead atoms. The average molecular weight is 288 g/mol. The standard InChI is InChI=1S/C13H12ClF2NO2/c1-2-19-12(18)5-11-9(6-14)3-8(13(15)16)4-10(11)7-17/h3-4,13H,2,5-6H2,1H3. The molecule has 0 fully saturated rings. The van der Waals surface area contributed by atoms with Gasteiger partial charge in [0.1, 0.15) is 0 Å². The average Bonchev–Trinajstić information content (AvgIpc) is 2.38. The van der Waals surface area contributed by atoms with Crippen LogP contribution >= 0.6 is 11.6 Å². The van der Waals surface area contributed by atoms with Crippen molar-refractivity contribution in [3.8, 4) is 6.07 Å². The van der Waals surface area contributed by atoms with E-state index in [1.54, 1.807) is 6.92 Å². The highest BCUT2D eigenvalue weighted by Crippen LogP contribution is 2.26. The molecule has 1 aromatic carbocycles. The van der Waals surface area contributed by atoms with Crippen LogP contribution in [-0.4, -0.2) is 12.6 Å². The van der Waals surface area contributed by atoms with Gasteiger partial charge in [0.05, 0.1) is 24.7 Å². The summed E-state index contributed by atoms with van der Waals surface area (Å²) in [7, 11) is 0. The van der Waals surface area contributed by atoms with Gasteiger partial charge in [-0.05, 0) is 30.2 Å². The number of carbonyl (C=O) groups excluding carboxylic acids is 1. The third kappa shape index (κ3) is 3.90. The van der Waals surface area contributed by atoms with E-state index in [9.17, 15) is 13.6 Å². The Morgan fingerprint density at radius 1 is 1.53 bits per heavy atom. The molecule has 0 saturated heterocycles. The number of hydrogen-bond acceptors (Lipinski definition) is 3. The van der Waals surface area contributed by atoms with Gasteiger partial charge in [-0.2, -0.15) is 5.26 Å².